The molecule has 6 nitrogen and oxygen atoms in total. The van der Waals surface area contributed by atoms with Crippen LogP contribution in [0.4, 0.5) is 10.1 Å². The lowest BCUT2D eigenvalue weighted by atomic mass is 9.88. The Labute approximate surface area is 213 Å². The van der Waals surface area contributed by atoms with Gasteiger partial charge in [-0.05, 0) is 61.6 Å². The molecule has 1 fully saturated rings. The van der Waals surface area contributed by atoms with Crippen molar-refractivity contribution in [2.24, 2.45) is 10.7 Å². The molecule has 2 aliphatic rings. The van der Waals surface area contributed by atoms with E-state index in [1.165, 1.54) is 17.8 Å². The number of aliphatic imine (C=N–C) groups is 1. The minimum Gasteiger partial charge on any atom is -0.478 e. The summed E-state index contributed by atoms with van der Waals surface area (Å²) in [6, 6.07) is 17.2. The second-order valence-electron chi connectivity index (χ2n) is 9.04. The van der Waals surface area contributed by atoms with Gasteiger partial charge in [-0.2, -0.15) is 0 Å². The van der Waals surface area contributed by atoms with Gasteiger partial charge >= 0.3 is 5.97 Å². The third kappa shape index (κ3) is 4.73. The van der Waals surface area contributed by atoms with Crippen LogP contribution in [-0.2, 0) is 11.2 Å². The van der Waals surface area contributed by atoms with Crippen LogP contribution in [0.15, 0.2) is 75.4 Å². The van der Waals surface area contributed by atoms with Crippen LogP contribution in [0.2, 0.25) is 0 Å². The standard InChI is InChI=1S/C28H26FN3O3S/c29-21-10-12-24-25(20(21)16-19(26(30)33)17-7-3-1-4-8-17)27(32-13-5-2-6-14-32)31-22-15-18(28(34)35)9-11-23(22)36-24/h1,3-4,7-12,15,19H,2,5-6,13-14,16H2,(H2,30,33)(H,34,35). The summed E-state index contributed by atoms with van der Waals surface area (Å²) in [7, 11) is 0. The van der Waals surface area contributed by atoms with Crippen molar-refractivity contribution in [2.75, 3.05) is 13.1 Å². The van der Waals surface area contributed by atoms with E-state index in [-0.39, 0.29) is 12.0 Å². The quantitative estimate of drug-likeness (QED) is 0.488. The third-order valence-electron chi connectivity index (χ3n) is 6.70. The number of likely N-dealkylation sites (tertiary alicyclic amines) is 1. The minimum atomic E-state index is -1.03. The van der Waals surface area contributed by atoms with Crippen LogP contribution < -0.4 is 5.73 Å². The SMILES string of the molecule is NC(=O)C(Cc1c(F)ccc2c1C(N1CCCCC1)=Nc1cc(C(=O)O)ccc1S2)c1ccccc1. The number of primary amides is 1. The lowest BCUT2D eigenvalue weighted by Crippen LogP contribution is -2.37. The molecule has 3 aromatic rings. The topological polar surface area (TPSA) is 96.0 Å². The molecular weight excluding hydrogens is 477 g/mol. The number of nitrogens with two attached hydrogens (primary N) is 1. The van der Waals surface area contributed by atoms with Crippen molar-refractivity contribution in [1.82, 2.24) is 4.90 Å². The Hall–Kier alpha value is -3.65. The molecule has 8 heteroatoms. The van der Waals surface area contributed by atoms with Crippen molar-refractivity contribution in [3.63, 3.8) is 0 Å². The average molecular weight is 504 g/mol. The van der Waals surface area contributed by atoms with Gasteiger partial charge in [0.05, 0.1) is 17.2 Å². The second-order valence-corrected chi connectivity index (χ2v) is 10.1. The first-order valence-corrected chi connectivity index (χ1v) is 12.8. The Morgan fingerprint density at radius 1 is 1.03 bits per heavy atom. The molecule has 0 bridgehead atoms. The highest BCUT2D eigenvalue weighted by atomic mass is 32.2. The molecule has 1 atom stereocenters. The molecule has 0 saturated carbocycles. The highest BCUT2D eigenvalue weighted by Crippen LogP contribution is 2.43. The number of aromatic carboxylic acids is 1. The Morgan fingerprint density at radius 3 is 2.44 bits per heavy atom. The lowest BCUT2D eigenvalue weighted by molar-refractivity contribution is -0.119. The van der Waals surface area contributed by atoms with Gasteiger partial charge in [-0.15, -0.1) is 0 Å². The summed E-state index contributed by atoms with van der Waals surface area (Å²) in [5.41, 5.74) is 8.26. The summed E-state index contributed by atoms with van der Waals surface area (Å²) in [6.45, 7) is 1.54. The zero-order valence-electron chi connectivity index (χ0n) is 19.6. The molecule has 3 N–H and O–H groups in total. The van der Waals surface area contributed by atoms with Gasteiger partial charge in [-0.1, -0.05) is 42.1 Å². The molecule has 1 unspecified atom stereocenters. The van der Waals surface area contributed by atoms with Gasteiger partial charge < -0.3 is 15.7 Å². The van der Waals surface area contributed by atoms with Gasteiger partial charge in [0.25, 0.3) is 0 Å². The fourth-order valence-corrected chi connectivity index (χ4v) is 5.88. The number of rotatable bonds is 5. The number of carbonyl (C=O) groups is 2. The van der Waals surface area contributed by atoms with Crippen molar-refractivity contribution in [2.45, 2.75) is 41.4 Å². The first kappa shape index (κ1) is 24.1. The summed E-state index contributed by atoms with van der Waals surface area (Å²) in [4.78, 5) is 32.9. The summed E-state index contributed by atoms with van der Waals surface area (Å²) >= 11 is 1.43. The summed E-state index contributed by atoms with van der Waals surface area (Å²) in [5.74, 6) is -2.06. The Bertz CT molecular complexity index is 1350. The van der Waals surface area contributed by atoms with Gasteiger partial charge in [0.2, 0.25) is 5.91 Å². The van der Waals surface area contributed by atoms with E-state index in [1.807, 2.05) is 30.3 Å². The van der Waals surface area contributed by atoms with Crippen LogP contribution in [0, 0.1) is 5.82 Å². The van der Waals surface area contributed by atoms with E-state index in [2.05, 4.69) is 4.90 Å². The monoisotopic (exact) mass is 503 g/mol. The molecule has 2 heterocycles. The number of carboxylic acid groups (broad SMARTS) is 1. The maximum atomic E-state index is 15.6. The third-order valence-corrected chi connectivity index (χ3v) is 7.83. The number of nitrogens with zero attached hydrogens (tertiary/aromatic N) is 2. The van der Waals surface area contributed by atoms with Crippen molar-refractivity contribution < 1.29 is 19.1 Å². The fourth-order valence-electron chi connectivity index (χ4n) is 4.85. The normalized spacial score (nSPS) is 15.8. The van der Waals surface area contributed by atoms with Gasteiger partial charge in [0.1, 0.15) is 11.7 Å². The Balaban J connectivity index is 1.69. The fraction of sp³-hybridized carbons (Fsp3) is 0.250. The van der Waals surface area contributed by atoms with E-state index in [1.54, 1.807) is 24.3 Å². The summed E-state index contributed by atoms with van der Waals surface area (Å²) in [6.07, 6.45) is 3.18. The molecule has 0 radical (unpaired) electrons. The maximum Gasteiger partial charge on any atom is 0.335 e. The highest BCUT2D eigenvalue weighted by molar-refractivity contribution is 7.99. The molecule has 184 valence electrons. The van der Waals surface area contributed by atoms with E-state index < -0.39 is 23.6 Å². The summed E-state index contributed by atoms with van der Waals surface area (Å²) in [5, 5.41) is 9.53. The molecule has 0 spiro atoms. The smallest absolute Gasteiger partial charge is 0.335 e. The predicted molar refractivity (Wildman–Crippen MR) is 138 cm³/mol. The molecule has 1 amide bonds. The van der Waals surface area contributed by atoms with Crippen molar-refractivity contribution in [3.8, 4) is 0 Å². The van der Waals surface area contributed by atoms with Crippen LogP contribution in [0.3, 0.4) is 0 Å². The number of hydrogen-bond donors (Lipinski definition) is 2. The Kier molecular flexibility index (Phi) is 6.78. The van der Waals surface area contributed by atoms with Crippen LogP contribution in [-0.4, -0.2) is 40.8 Å². The van der Waals surface area contributed by atoms with Crippen LogP contribution in [0.5, 0.6) is 0 Å². The predicted octanol–water partition coefficient (Wildman–Crippen LogP) is 5.36. The number of piperidine rings is 1. The number of fused-ring (bicyclic) bond motifs is 2. The number of hydrogen-bond acceptors (Lipinski definition) is 5. The first-order valence-electron chi connectivity index (χ1n) is 12.0. The van der Waals surface area contributed by atoms with Gasteiger partial charge in [0.15, 0.2) is 0 Å². The van der Waals surface area contributed by atoms with E-state index in [0.717, 1.165) is 47.7 Å². The number of carboxylic acids is 1. The molecule has 0 aromatic heterocycles. The van der Waals surface area contributed by atoms with Crippen LogP contribution >= 0.6 is 11.8 Å². The van der Waals surface area contributed by atoms with E-state index in [4.69, 9.17) is 10.7 Å². The number of amides is 1. The highest BCUT2D eigenvalue weighted by Gasteiger charge is 2.30. The second kappa shape index (κ2) is 10.1. The molecule has 3 aromatic carbocycles. The number of amidine groups is 1. The van der Waals surface area contributed by atoms with Gasteiger partial charge in [-0.3, -0.25) is 4.79 Å². The van der Waals surface area contributed by atoms with Crippen LogP contribution in [0.25, 0.3) is 0 Å². The molecule has 2 aliphatic heterocycles. The van der Waals surface area contributed by atoms with E-state index in [9.17, 15) is 14.7 Å². The zero-order chi connectivity index (χ0) is 25.2. The largest absolute Gasteiger partial charge is 0.478 e. The lowest BCUT2D eigenvalue weighted by Gasteiger charge is -2.31. The van der Waals surface area contributed by atoms with Gasteiger partial charge in [-0.25, -0.2) is 14.2 Å². The van der Waals surface area contributed by atoms with Crippen LogP contribution in [0.1, 0.15) is 52.2 Å². The minimum absolute atomic E-state index is 0.0957. The molecule has 0 aliphatic carbocycles. The molecule has 1 saturated heterocycles. The van der Waals surface area contributed by atoms with Crippen molar-refractivity contribution >= 4 is 35.2 Å². The molecular formula is C28H26FN3O3S. The van der Waals surface area contributed by atoms with Crippen molar-refractivity contribution in [3.05, 3.63) is 88.7 Å². The van der Waals surface area contributed by atoms with Crippen molar-refractivity contribution in [1.29, 1.82) is 0 Å². The summed E-state index contributed by atoms with van der Waals surface area (Å²) < 4.78 is 15.6. The maximum absolute atomic E-state index is 15.6. The average Bonchev–Trinajstić information content (AvgIpc) is 3.05. The molecule has 5 rings (SSSR count). The zero-order valence-corrected chi connectivity index (χ0v) is 20.4. The first-order chi connectivity index (χ1) is 17.4. The van der Waals surface area contributed by atoms with Gasteiger partial charge in [0, 0.05) is 34.0 Å². The van der Waals surface area contributed by atoms with E-state index >= 15 is 4.39 Å². The molecule has 36 heavy (non-hydrogen) atoms. The van der Waals surface area contributed by atoms with E-state index in [0.29, 0.717) is 22.6 Å². The number of halogens is 1. The number of benzene rings is 3. The Morgan fingerprint density at radius 2 is 1.75 bits per heavy atom. The number of carbonyl (C=O) groups excluding carboxylic acids is 1.